The first-order chi connectivity index (χ1) is 15.0. The summed E-state index contributed by atoms with van der Waals surface area (Å²) in [7, 11) is 1.39. The molecular formula is C22H20N4O5. The van der Waals surface area contributed by atoms with E-state index in [1.165, 1.54) is 25.6 Å². The van der Waals surface area contributed by atoms with Crippen molar-refractivity contribution in [3.05, 3.63) is 93.3 Å². The molecule has 0 saturated heterocycles. The van der Waals surface area contributed by atoms with E-state index in [1.807, 2.05) is 31.2 Å². The molecule has 3 aromatic rings. The minimum absolute atomic E-state index is 0.0206. The lowest BCUT2D eigenvalue weighted by Crippen LogP contribution is -2.17. The van der Waals surface area contributed by atoms with Gasteiger partial charge in [0.15, 0.2) is 5.75 Å². The summed E-state index contributed by atoms with van der Waals surface area (Å²) in [5.41, 5.74) is 4.69. The molecule has 3 rings (SSSR count). The maximum absolute atomic E-state index is 12.0. The largest absolute Gasteiger partial charge is 0.493 e. The van der Waals surface area contributed by atoms with E-state index in [1.54, 1.807) is 24.4 Å². The van der Waals surface area contributed by atoms with Crippen LogP contribution in [0.2, 0.25) is 0 Å². The second-order valence-corrected chi connectivity index (χ2v) is 6.48. The zero-order valence-electron chi connectivity index (χ0n) is 16.9. The van der Waals surface area contributed by atoms with Gasteiger partial charge in [0, 0.05) is 24.0 Å². The minimum atomic E-state index is -0.554. The SMILES string of the molecule is COc1cc(/C=N\NC(=O)c2cccnc2)cc([N+](=O)[O-])c1OCc1ccccc1C. The Labute approximate surface area is 178 Å². The molecule has 31 heavy (non-hydrogen) atoms. The Kier molecular flexibility index (Phi) is 6.89. The van der Waals surface area contributed by atoms with Crippen LogP contribution in [-0.4, -0.2) is 29.1 Å². The van der Waals surface area contributed by atoms with E-state index < -0.39 is 10.8 Å². The first-order valence-electron chi connectivity index (χ1n) is 9.26. The van der Waals surface area contributed by atoms with Crippen molar-refractivity contribution >= 4 is 17.8 Å². The molecule has 0 unspecified atom stereocenters. The van der Waals surface area contributed by atoms with Crippen LogP contribution in [0.15, 0.2) is 66.0 Å². The fraction of sp³-hybridized carbons (Fsp3) is 0.136. The van der Waals surface area contributed by atoms with Gasteiger partial charge in [-0.25, -0.2) is 5.43 Å². The highest BCUT2D eigenvalue weighted by Gasteiger charge is 2.22. The first kappa shape index (κ1) is 21.4. The van der Waals surface area contributed by atoms with Gasteiger partial charge >= 0.3 is 5.69 Å². The summed E-state index contributed by atoms with van der Waals surface area (Å²) in [5, 5.41) is 15.5. The molecule has 0 saturated carbocycles. The van der Waals surface area contributed by atoms with E-state index in [0.29, 0.717) is 11.1 Å². The zero-order valence-corrected chi connectivity index (χ0v) is 16.9. The summed E-state index contributed by atoms with van der Waals surface area (Å²) in [6, 6.07) is 13.7. The number of pyridine rings is 1. The number of benzene rings is 2. The normalized spacial score (nSPS) is 10.6. The molecule has 0 atom stereocenters. The Hall–Kier alpha value is -4.27. The van der Waals surface area contributed by atoms with Crippen LogP contribution >= 0.6 is 0 Å². The molecule has 2 aromatic carbocycles. The van der Waals surface area contributed by atoms with Gasteiger partial charge in [-0.3, -0.25) is 19.9 Å². The van der Waals surface area contributed by atoms with Gasteiger partial charge < -0.3 is 9.47 Å². The first-order valence-corrected chi connectivity index (χ1v) is 9.26. The number of ether oxygens (including phenoxy) is 2. The number of hydrogen-bond acceptors (Lipinski definition) is 7. The third-order valence-corrected chi connectivity index (χ3v) is 4.41. The van der Waals surface area contributed by atoms with E-state index in [2.05, 4.69) is 15.5 Å². The number of aromatic nitrogens is 1. The summed E-state index contributed by atoms with van der Waals surface area (Å²) in [6.07, 6.45) is 4.24. The molecule has 0 radical (unpaired) electrons. The summed E-state index contributed by atoms with van der Waals surface area (Å²) < 4.78 is 11.1. The predicted octanol–water partition coefficient (Wildman–Crippen LogP) is 3.65. The van der Waals surface area contributed by atoms with Crippen molar-refractivity contribution in [1.29, 1.82) is 0 Å². The maximum atomic E-state index is 12.0. The molecule has 0 aliphatic rings. The molecule has 0 aliphatic heterocycles. The highest BCUT2D eigenvalue weighted by molar-refractivity contribution is 5.94. The number of rotatable bonds is 8. The number of carbonyl (C=O) groups is 1. The number of nitro groups is 1. The third kappa shape index (κ3) is 5.41. The molecule has 9 nitrogen and oxygen atoms in total. The van der Waals surface area contributed by atoms with Gasteiger partial charge in [-0.15, -0.1) is 0 Å². The number of aryl methyl sites for hydroxylation is 1. The molecule has 1 N–H and O–H groups in total. The van der Waals surface area contributed by atoms with Crippen LogP contribution in [0.3, 0.4) is 0 Å². The fourth-order valence-corrected chi connectivity index (χ4v) is 2.76. The van der Waals surface area contributed by atoms with Crippen molar-refractivity contribution in [2.24, 2.45) is 5.10 Å². The third-order valence-electron chi connectivity index (χ3n) is 4.41. The predicted molar refractivity (Wildman–Crippen MR) is 114 cm³/mol. The average Bonchev–Trinajstić information content (AvgIpc) is 2.78. The summed E-state index contributed by atoms with van der Waals surface area (Å²) >= 11 is 0. The summed E-state index contributed by atoms with van der Waals surface area (Å²) in [4.78, 5) is 27.0. The zero-order chi connectivity index (χ0) is 22.2. The number of nitro benzene ring substituents is 1. The summed E-state index contributed by atoms with van der Waals surface area (Å²) in [5.74, 6) is -0.251. The number of nitrogens with one attached hydrogen (secondary N) is 1. The molecule has 1 heterocycles. The Bertz CT molecular complexity index is 1120. The van der Waals surface area contributed by atoms with Crippen LogP contribution in [-0.2, 0) is 6.61 Å². The monoisotopic (exact) mass is 420 g/mol. The van der Waals surface area contributed by atoms with Crippen LogP contribution in [0.1, 0.15) is 27.0 Å². The number of hydrogen-bond donors (Lipinski definition) is 1. The molecule has 0 spiro atoms. The molecule has 0 aliphatic carbocycles. The Morgan fingerprint density at radius 3 is 2.74 bits per heavy atom. The smallest absolute Gasteiger partial charge is 0.315 e. The number of amides is 1. The lowest BCUT2D eigenvalue weighted by molar-refractivity contribution is -0.386. The molecule has 1 aromatic heterocycles. The molecule has 9 heteroatoms. The second-order valence-electron chi connectivity index (χ2n) is 6.48. The highest BCUT2D eigenvalue weighted by atomic mass is 16.6. The van der Waals surface area contributed by atoms with Gasteiger partial charge in [0.2, 0.25) is 5.75 Å². The van der Waals surface area contributed by atoms with Crippen molar-refractivity contribution in [3.63, 3.8) is 0 Å². The number of carbonyl (C=O) groups excluding carboxylic acids is 1. The quantitative estimate of drug-likeness (QED) is 0.338. The van der Waals surface area contributed by atoms with Crippen molar-refractivity contribution in [1.82, 2.24) is 10.4 Å². The maximum Gasteiger partial charge on any atom is 0.315 e. The topological polar surface area (TPSA) is 116 Å². The molecular weight excluding hydrogens is 400 g/mol. The molecule has 158 valence electrons. The number of methoxy groups -OCH3 is 1. The van der Waals surface area contributed by atoms with Crippen molar-refractivity contribution < 1.29 is 19.2 Å². The summed E-state index contributed by atoms with van der Waals surface area (Å²) in [6.45, 7) is 2.09. The number of nitrogens with zero attached hydrogens (tertiary/aromatic N) is 3. The Morgan fingerprint density at radius 1 is 1.26 bits per heavy atom. The van der Waals surface area contributed by atoms with Gasteiger partial charge in [-0.1, -0.05) is 24.3 Å². The van der Waals surface area contributed by atoms with E-state index in [9.17, 15) is 14.9 Å². The number of hydrazone groups is 1. The van der Waals surface area contributed by atoms with E-state index >= 15 is 0 Å². The van der Waals surface area contributed by atoms with E-state index in [4.69, 9.17) is 9.47 Å². The van der Waals surface area contributed by atoms with Crippen LogP contribution in [0, 0.1) is 17.0 Å². The lowest BCUT2D eigenvalue weighted by Gasteiger charge is -2.13. The van der Waals surface area contributed by atoms with Gasteiger partial charge in [0.25, 0.3) is 5.91 Å². The molecule has 0 bridgehead atoms. The second kappa shape index (κ2) is 9.97. The van der Waals surface area contributed by atoms with E-state index in [-0.39, 0.29) is 23.8 Å². The highest BCUT2D eigenvalue weighted by Crippen LogP contribution is 2.38. The lowest BCUT2D eigenvalue weighted by atomic mass is 10.1. The standard InChI is InChI=1S/C22H20N4O5/c1-15-6-3-4-7-18(15)14-31-21-19(26(28)29)10-16(11-20(21)30-2)12-24-25-22(27)17-8-5-9-23-13-17/h3-13H,14H2,1-2H3,(H,25,27)/b24-12-. The van der Waals surface area contributed by atoms with Crippen molar-refractivity contribution in [3.8, 4) is 11.5 Å². The van der Waals surface area contributed by atoms with Crippen molar-refractivity contribution in [2.45, 2.75) is 13.5 Å². The van der Waals surface area contributed by atoms with Crippen LogP contribution < -0.4 is 14.9 Å². The minimum Gasteiger partial charge on any atom is -0.493 e. The van der Waals surface area contributed by atoms with Crippen molar-refractivity contribution in [2.75, 3.05) is 7.11 Å². The van der Waals surface area contributed by atoms with Gasteiger partial charge in [-0.2, -0.15) is 5.10 Å². The van der Waals surface area contributed by atoms with Gasteiger partial charge in [0.1, 0.15) is 6.61 Å². The van der Waals surface area contributed by atoms with Crippen LogP contribution in [0.4, 0.5) is 5.69 Å². The molecule has 1 amide bonds. The molecule has 0 fully saturated rings. The Morgan fingerprint density at radius 2 is 2.06 bits per heavy atom. The van der Waals surface area contributed by atoms with Crippen LogP contribution in [0.5, 0.6) is 11.5 Å². The van der Waals surface area contributed by atoms with Gasteiger partial charge in [-0.05, 0) is 36.2 Å². The van der Waals surface area contributed by atoms with Crippen LogP contribution in [0.25, 0.3) is 0 Å². The van der Waals surface area contributed by atoms with E-state index in [0.717, 1.165) is 11.1 Å². The van der Waals surface area contributed by atoms with Gasteiger partial charge in [0.05, 0.1) is 23.8 Å². The fourth-order valence-electron chi connectivity index (χ4n) is 2.76. The Balaban J connectivity index is 1.81. The average molecular weight is 420 g/mol.